The second-order valence-corrected chi connectivity index (χ2v) is 14.9. The molecule has 0 fully saturated rings. The fourth-order valence-corrected chi connectivity index (χ4v) is 7.86. The molecule has 0 radical (unpaired) electrons. The average molecular weight is 764 g/mol. The standard InChI is InChI=1S/C45H49N9O3/c1-52(2)25-26-53(45(56)47-34-16-20-38-32(28-34)14-22-42(48-38)50-40-18-12-30-8-4-6-10-36(30)40)54(44(55)46-24-27-57-3)35-17-21-39-33(29-35)15-23-43(49-39)51-41-19-13-31-9-5-7-11-37(31)41/h4-11,14-17,20-23,28-29,40-41H,12-13,18-19,24-27H2,1-3H3,(H,46,55)(H,47,56)(H,48,50)(H,49,51). The van der Waals surface area contributed by atoms with Gasteiger partial charge in [0.2, 0.25) is 0 Å². The van der Waals surface area contributed by atoms with Crippen molar-refractivity contribution in [3.05, 3.63) is 131 Å². The highest BCUT2D eigenvalue weighted by Gasteiger charge is 2.29. The Morgan fingerprint density at radius 3 is 1.91 bits per heavy atom. The van der Waals surface area contributed by atoms with Crippen LogP contribution < -0.4 is 26.3 Å². The third-order valence-electron chi connectivity index (χ3n) is 10.8. The van der Waals surface area contributed by atoms with Crippen LogP contribution in [-0.2, 0) is 17.6 Å². The Hall–Kier alpha value is -6.24. The number of carbonyl (C=O) groups excluding carboxylic acids is 2. The Balaban J connectivity index is 1.03. The van der Waals surface area contributed by atoms with E-state index in [0.29, 0.717) is 24.5 Å². The van der Waals surface area contributed by atoms with Gasteiger partial charge in [-0.3, -0.25) is 0 Å². The van der Waals surface area contributed by atoms with Crippen molar-refractivity contribution in [3.8, 4) is 0 Å². The second kappa shape index (κ2) is 16.9. The lowest BCUT2D eigenvalue weighted by atomic mass is 10.1. The number of fused-ring (bicyclic) bond motifs is 4. The monoisotopic (exact) mass is 763 g/mol. The highest BCUT2D eigenvalue weighted by atomic mass is 16.5. The SMILES string of the molecule is COCCNC(=O)N(c1ccc2nc(NC3CCc4ccccc43)ccc2c1)N(CCN(C)C)C(=O)Nc1ccc2nc(NC3CCc4ccccc43)ccc2c1. The molecule has 6 aromatic rings. The van der Waals surface area contributed by atoms with Crippen LogP contribution in [0.4, 0.5) is 32.6 Å². The van der Waals surface area contributed by atoms with Gasteiger partial charge in [0, 0.05) is 36.7 Å². The number of rotatable bonds is 12. The number of hydrazine groups is 1. The van der Waals surface area contributed by atoms with Crippen LogP contribution in [0.1, 0.15) is 47.2 Å². The van der Waals surface area contributed by atoms with Gasteiger partial charge in [-0.1, -0.05) is 48.5 Å². The number of anilines is 4. The molecule has 0 saturated carbocycles. The van der Waals surface area contributed by atoms with E-state index in [0.717, 1.165) is 59.1 Å². The largest absolute Gasteiger partial charge is 0.383 e. The molecule has 292 valence electrons. The molecule has 4 amide bonds. The van der Waals surface area contributed by atoms with Crippen molar-refractivity contribution in [2.45, 2.75) is 37.8 Å². The molecule has 2 aliphatic rings. The van der Waals surface area contributed by atoms with Gasteiger partial charge in [0.15, 0.2) is 0 Å². The fourth-order valence-electron chi connectivity index (χ4n) is 7.86. The normalized spacial score (nSPS) is 15.6. The first kappa shape index (κ1) is 37.7. The molecule has 2 aliphatic carbocycles. The number of nitrogens with one attached hydrogen (secondary N) is 4. The lowest BCUT2D eigenvalue weighted by Crippen LogP contribution is -2.57. The van der Waals surface area contributed by atoms with Gasteiger partial charge in [0.05, 0.1) is 42.0 Å². The predicted molar refractivity (Wildman–Crippen MR) is 228 cm³/mol. The quantitative estimate of drug-likeness (QED) is 0.0727. The van der Waals surface area contributed by atoms with E-state index in [4.69, 9.17) is 14.7 Å². The average Bonchev–Trinajstić information content (AvgIpc) is 3.83. The number of ether oxygens (including phenoxy) is 1. The molecule has 8 rings (SSSR count). The first-order valence-corrected chi connectivity index (χ1v) is 19.6. The van der Waals surface area contributed by atoms with E-state index in [9.17, 15) is 9.59 Å². The first-order chi connectivity index (χ1) is 27.8. The summed E-state index contributed by atoms with van der Waals surface area (Å²) in [5.41, 5.74) is 8.08. The topological polar surface area (TPSA) is 127 Å². The van der Waals surface area contributed by atoms with E-state index in [1.165, 1.54) is 32.3 Å². The number of pyridine rings is 2. The van der Waals surface area contributed by atoms with Crippen LogP contribution >= 0.6 is 0 Å². The maximum absolute atomic E-state index is 14.3. The Bertz CT molecular complexity index is 2400. The summed E-state index contributed by atoms with van der Waals surface area (Å²) in [6, 6.07) is 35.8. The van der Waals surface area contributed by atoms with Gasteiger partial charge in [0.1, 0.15) is 11.6 Å². The van der Waals surface area contributed by atoms with Crippen LogP contribution in [0.5, 0.6) is 0 Å². The van der Waals surface area contributed by atoms with Gasteiger partial charge in [-0.05, 0) is 123 Å². The van der Waals surface area contributed by atoms with Crippen LogP contribution in [-0.4, -0.2) is 79.4 Å². The van der Waals surface area contributed by atoms with Crippen molar-refractivity contribution in [2.24, 2.45) is 0 Å². The number of aromatic nitrogens is 2. The van der Waals surface area contributed by atoms with Crippen LogP contribution in [0, 0.1) is 0 Å². The maximum atomic E-state index is 14.3. The molecular weight excluding hydrogens is 715 g/mol. The van der Waals surface area contributed by atoms with Crippen LogP contribution in [0.15, 0.2) is 109 Å². The van der Waals surface area contributed by atoms with E-state index in [1.807, 2.05) is 79.7 Å². The minimum Gasteiger partial charge on any atom is -0.383 e. The molecule has 0 spiro atoms. The molecule has 0 saturated heterocycles. The molecule has 0 bridgehead atoms. The zero-order valence-electron chi connectivity index (χ0n) is 32.7. The third-order valence-corrected chi connectivity index (χ3v) is 10.8. The van der Waals surface area contributed by atoms with E-state index >= 15 is 0 Å². The molecule has 12 nitrogen and oxygen atoms in total. The Kier molecular flexibility index (Phi) is 11.1. The minimum absolute atomic E-state index is 0.203. The molecule has 2 aromatic heterocycles. The maximum Gasteiger partial charge on any atom is 0.341 e. The lowest BCUT2D eigenvalue weighted by Gasteiger charge is -2.35. The molecule has 4 N–H and O–H groups in total. The number of likely N-dealkylation sites (N-methyl/N-ethyl adjacent to an activating group) is 1. The van der Waals surface area contributed by atoms with Crippen molar-refractivity contribution in [2.75, 3.05) is 68.4 Å². The van der Waals surface area contributed by atoms with Crippen molar-refractivity contribution in [1.29, 1.82) is 0 Å². The van der Waals surface area contributed by atoms with Gasteiger partial charge in [-0.2, -0.15) is 5.01 Å². The smallest absolute Gasteiger partial charge is 0.341 e. The van der Waals surface area contributed by atoms with Gasteiger partial charge >= 0.3 is 12.1 Å². The first-order valence-electron chi connectivity index (χ1n) is 19.6. The van der Waals surface area contributed by atoms with Crippen molar-refractivity contribution in [1.82, 2.24) is 25.2 Å². The Labute approximate surface area is 333 Å². The van der Waals surface area contributed by atoms with Crippen molar-refractivity contribution in [3.63, 3.8) is 0 Å². The van der Waals surface area contributed by atoms with E-state index in [-0.39, 0.29) is 25.2 Å². The number of methoxy groups -OCH3 is 1. The lowest BCUT2D eigenvalue weighted by molar-refractivity contribution is 0.183. The fraction of sp³-hybridized carbons (Fsp3) is 0.289. The summed E-state index contributed by atoms with van der Waals surface area (Å²) in [6.45, 7) is 1.33. The molecular formula is C45H49N9O3. The van der Waals surface area contributed by atoms with Crippen molar-refractivity contribution < 1.29 is 14.3 Å². The summed E-state index contributed by atoms with van der Waals surface area (Å²) in [7, 11) is 5.44. The van der Waals surface area contributed by atoms with Gasteiger partial charge < -0.3 is 30.9 Å². The van der Waals surface area contributed by atoms with E-state index in [2.05, 4.69) is 69.8 Å². The summed E-state index contributed by atoms with van der Waals surface area (Å²) in [5.74, 6) is 1.60. The zero-order valence-corrected chi connectivity index (χ0v) is 32.7. The van der Waals surface area contributed by atoms with Crippen LogP contribution in [0.25, 0.3) is 21.8 Å². The highest BCUT2D eigenvalue weighted by molar-refractivity contribution is 6.00. The van der Waals surface area contributed by atoms with Crippen molar-refractivity contribution >= 4 is 56.9 Å². The number of aryl methyl sites for hydroxylation is 2. The van der Waals surface area contributed by atoms with E-state index in [1.54, 1.807) is 7.11 Å². The number of carbonyl (C=O) groups is 2. The number of hydrogen-bond acceptors (Lipinski definition) is 8. The summed E-state index contributed by atoms with van der Waals surface area (Å²) in [4.78, 5) is 40.1. The summed E-state index contributed by atoms with van der Waals surface area (Å²) in [6.07, 6.45) is 4.13. The molecule has 57 heavy (non-hydrogen) atoms. The molecule has 2 atom stereocenters. The van der Waals surface area contributed by atoms with Gasteiger partial charge in [-0.15, -0.1) is 0 Å². The number of benzene rings is 4. The molecule has 2 unspecified atom stereocenters. The van der Waals surface area contributed by atoms with Crippen LogP contribution in [0.2, 0.25) is 0 Å². The molecule has 0 aliphatic heterocycles. The number of nitrogens with zero attached hydrogens (tertiary/aromatic N) is 5. The zero-order chi connectivity index (χ0) is 39.3. The van der Waals surface area contributed by atoms with Crippen LogP contribution in [0.3, 0.4) is 0 Å². The molecule has 2 heterocycles. The minimum atomic E-state index is -0.459. The van der Waals surface area contributed by atoms with Gasteiger partial charge in [0.25, 0.3) is 0 Å². The third kappa shape index (κ3) is 8.47. The second-order valence-electron chi connectivity index (χ2n) is 14.9. The Morgan fingerprint density at radius 1 is 0.702 bits per heavy atom. The number of amides is 4. The summed E-state index contributed by atoms with van der Waals surface area (Å²) in [5, 5.41) is 17.8. The highest BCUT2D eigenvalue weighted by Crippen LogP contribution is 2.35. The number of hydrogen-bond donors (Lipinski definition) is 4. The number of urea groups is 2. The van der Waals surface area contributed by atoms with Gasteiger partial charge in [-0.25, -0.2) is 24.6 Å². The summed E-state index contributed by atoms with van der Waals surface area (Å²) >= 11 is 0. The molecule has 12 heteroatoms. The summed E-state index contributed by atoms with van der Waals surface area (Å²) < 4.78 is 5.21. The predicted octanol–water partition coefficient (Wildman–Crippen LogP) is 8.15. The van der Waals surface area contributed by atoms with E-state index < -0.39 is 12.1 Å². The Morgan fingerprint density at radius 2 is 1.30 bits per heavy atom. The molecule has 4 aromatic carbocycles.